The van der Waals surface area contributed by atoms with E-state index >= 15 is 0 Å². The molecule has 0 radical (unpaired) electrons. The average molecular weight is 436 g/mol. The third kappa shape index (κ3) is 5.15. The Kier molecular flexibility index (Phi) is 6.65. The summed E-state index contributed by atoms with van der Waals surface area (Å²) in [6, 6.07) is 5.35. The number of benzene rings is 1. The zero-order valence-corrected chi connectivity index (χ0v) is 18.5. The van der Waals surface area contributed by atoms with Crippen molar-refractivity contribution in [3.63, 3.8) is 0 Å². The predicted molar refractivity (Wildman–Crippen MR) is 115 cm³/mol. The zero-order chi connectivity index (χ0) is 21.1. The molecule has 3 fully saturated rings. The van der Waals surface area contributed by atoms with E-state index in [-0.39, 0.29) is 28.6 Å². The number of rotatable bonds is 7. The molecule has 0 aromatic heterocycles. The smallest absolute Gasteiger partial charge is 0.251 e. The van der Waals surface area contributed by atoms with Crippen molar-refractivity contribution in [2.75, 3.05) is 20.2 Å². The number of nitrogens with zero attached hydrogens (tertiary/aromatic N) is 1. The largest absolute Gasteiger partial charge is 0.495 e. The van der Waals surface area contributed by atoms with Crippen LogP contribution < -0.4 is 14.8 Å². The summed E-state index contributed by atoms with van der Waals surface area (Å²) in [6.07, 6.45) is 10.4. The number of ether oxygens (including phenoxy) is 1. The average Bonchev–Trinajstić information content (AvgIpc) is 3.49. The highest BCUT2D eigenvalue weighted by atomic mass is 32.2. The van der Waals surface area contributed by atoms with E-state index in [4.69, 9.17) is 4.74 Å². The van der Waals surface area contributed by atoms with Crippen molar-refractivity contribution in [2.45, 2.75) is 80.8 Å². The first-order valence-electron chi connectivity index (χ1n) is 11.2. The molecule has 1 aromatic carbocycles. The van der Waals surface area contributed by atoms with Crippen LogP contribution in [0, 0.1) is 0 Å². The molecule has 1 saturated heterocycles. The van der Waals surface area contributed by atoms with Gasteiger partial charge in [-0.05, 0) is 50.3 Å². The Morgan fingerprint density at radius 2 is 1.77 bits per heavy atom. The van der Waals surface area contributed by atoms with Gasteiger partial charge in [-0.15, -0.1) is 0 Å². The molecule has 7 nitrogen and oxygen atoms in total. The molecular weight excluding hydrogens is 402 g/mol. The maximum atomic E-state index is 12.9. The van der Waals surface area contributed by atoms with Gasteiger partial charge in [-0.1, -0.05) is 25.7 Å². The lowest BCUT2D eigenvalue weighted by atomic mass is 10.1. The van der Waals surface area contributed by atoms with Crippen LogP contribution in [0.3, 0.4) is 0 Å². The molecule has 2 saturated carbocycles. The normalized spacial score (nSPS) is 23.8. The summed E-state index contributed by atoms with van der Waals surface area (Å²) in [4.78, 5) is 15.4. The second kappa shape index (κ2) is 9.24. The second-order valence-electron chi connectivity index (χ2n) is 8.86. The van der Waals surface area contributed by atoms with Crippen molar-refractivity contribution in [1.29, 1.82) is 0 Å². The van der Waals surface area contributed by atoms with Gasteiger partial charge in [0.05, 0.1) is 7.11 Å². The van der Waals surface area contributed by atoms with Crippen LogP contribution in [0.4, 0.5) is 0 Å². The third-order valence-electron chi connectivity index (χ3n) is 6.51. The molecule has 0 spiro atoms. The van der Waals surface area contributed by atoms with Gasteiger partial charge in [-0.2, -0.15) is 0 Å². The lowest BCUT2D eigenvalue weighted by Crippen LogP contribution is -2.39. The number of hydrogen-bond donors (Lipinski definition) is 2. The number of amides is 1. The van der Waals surface area contributed by atoms with Gasteiger partial charge in [0.15, 0.2) is 0 Å². The lowest BCUT2D eigenvalue weighted by Gasteiger charge is -2.26. The maximum Gasteiger partial charge on any atom is 0.251 e. The van der Waals surface area contributed by atoms with Crippen molar-refractivity contribution < 1.29 is 17.9 Å². The number of carbonyl (C=O) groups is 1. The first-order chi connectivity index (χ1) is 14.5. The molecule has 1 aromatic rings. The molecule has 2 N–H and O–H groups in total. The zero-order valence-electron chi connectivity index (χ0n) is 17.7. The minimum absolute atomic E-state index is 0.00866. The van der Waals surface area contributed by atoms with Crippen LogP contribution in [-0.2, 0) is 10.0 Å². The number of nitrogens with one attached hydrogen (secondary N) is 2. The SMILES string of the molecule is COc1ccc(C(=O)N[C@H]2CCN(C3CCCCCC3)C2)cc1S(=O)(=O)NC1CC1. The topological polar surface area (TPSA) is 87.7 Å². The van der Waals surface area contributed by atoms with Gasteiger partial charge in [-0.25, -0.2) is 13.1 Å². The molecule has 3 aliphatic rings. The van der Waals surface area contributed by atoms with Crippen molar-refractivity contribution in [1.82, 2.24) is 14.9 Å². The van der Waals surface area contributed by atoms with Gasteiger partial charge >= 0.3 is 0 Å². The Morgan fingerprint density at radius 1 is 1.03 bits per heavy atom. The summed E-state index contributed by atoms with van der Waals surface area (Å²) in [5.74, 6) is 0.0216. The van der Waals surface area contributed by atoms with Crippen molar-refractivity contribution >= 4 is 15.9 Å². The number of likely N-dealkylation sites (tertiary alicyclic amines) is 1. The number of carbonyl (C=O) groups excluding carboxylic acids is 1. The lowest BCUT2D eigenvalue weighted by molar-refractivity contribution is 0.0935. The first kappa shape index (κ1) is 21.6. The standard InChI is InChI=1S/C22H33N3O4S/c1-29-20-11-8-16(14-21(20)30(27,28)24-17-9-10-17)22(26)23-18-12-13-25(15-18)19-6-4-2-3-5-7-19/h8,11,14,17-19,24H,2-7,9-10,12-13,15H2,1H3,(H,23,26)/t18-/m0/s1. The summed E-state index contributed by atoms with van der Waals surface area (Å²) in [5, 5.41) is 3.11. The number of methoxy groups -OCH3 is 1. The van der Waals surface area contributed by atoms with Crippen LogP contribution in [0.1, 0.15) is 68.1 Å². The molecule has 4 rings (SSSR count). The minimum atomic E-state index is -3.71. The molecule has 1 aliphatic heterocycles. The molecule has 0 unspecified atom stereocenters. The number of hydrogen-bond acceptors (Lipinski definition) is 5. The van der Waals surface area contributed by atoms with E-state index < -0.39 is 10.0 Å². The molecule has 1 amide bonds. The van der Waals surface area contributed by atoms with Gasteiger partial charge in [0.2, 0.25) is 10.0 Å². The van der Waals surface area contributed by atoms with E-state index in [1.807, 2.05) is 0 Å². The fourth-order valence-electron chi connectivity index (χ4n) is 4.64. The molecule has 2 aliphatic carbocycles. The molecule has 30 heavy (non-hydrogen) atoms. The van der Waals surface area contributed by atoms with Crippen LogP contribution in [0.5, 0.6) is 5.75 Å². The Morgan fingerprint density at radius 3 is 2.43 bits per heavy atom. The monoisotopic (exact) mass is 435 g/mol. The molecule has 1 heterocycles. The highest BCUT2D eigenvalue weighted by molar-refractivity contribution is 7.89. The quantitative estimate of drug-likeness (QED) is 0.643. The Labute approximate surface area is 179 Å². The molecule has 166 valence electrons. The van der Waals surface area contributed by atoms with E-state index in [2.05, 4.69) is 14.9 Å². The van der Waals surface area contributed by atoms with E-state index in [9.17, 15) is 13.2 Å². The van der Waals surface area contributed by atoms with Crippen molar-refractivity contribution in [3.8, 4) is 5.75 Å². The van der Waals surface area contributed by atoms with Crippen LogP contribution >= 0.6 is 0 Å². The fraction of sp³-hybridized carbons (Fsp3) is 0.682. The van der Waals surface area contributed by atoms with Crippen LogP contribution in [0.25, 0.3) is 0 Å². The van der Waals surface area contributed by atoms with E-state index in [0.29, 0.717) is 11.6 Å². The summed E-state index contributed by atoms with van der Waals surface area (Å²) >= 11 is 0. The van der Waals surface area contributed by atoms with Crippen molar-refractivity contribution in [3.05, 3.63) is 23.8 Å². The van der Waals surface area contributed by atoms with Crippen LogP contribution in [0.2, 0.25) is 0 Å². The predicted octanol–water partition coefficient (Wildman–Crippen LogP) is 2.66. The molecule has 8 heteroatoms. The summed E-state index contributed by atoms with van der Waals surface area (Å²) in [6.45, 7) is 1.89. The summed E-state index contributed by atoms with van der Waals surface area (Å²) < 4.78 is 33.3. The molecule has 0 bridgehead atoms. The highest BCUT2D eigenvalue weighted by Gasteiger charge is 2.32. The number of sulfonamides is 1. The van der Waals surface area contributed by atoms with Gasteiger partial charge in [0.1, 0.15) is 10.6 Å². The van der Waals surface area contributed by atoms with Crippen LogP contribution in [-0.4, -0.2) is 57.5 Å². The Bertz CT molecular complexity index is 861. The van der Waals surface area contributed by atoms with Crippen LogP contribution in [0.15, 0.2) is 23.1 Å². The summed E-state index contributed by atoms with van der Waals surface area (Å²) in [7, 11) is -2.28. The van der Waals surface area contributed by atoms with E-state index in [1.165, 1.54) is 51.7 Å². The Balaban J connectivity index is 1.41. The van der Waals surface area contributed by atoms with Crippen molar-refractivity contribution in [2.24, 2.45) is 0 Å². The Hall–Kier alpha value is -1.64. The highest BCUT2D eigenvalue weighted by Crippen LogP contribution is 2.29. The molecule has 1 atom stereocenters. The van der Waals surface area contributed by atoms with E-state index in [1.54, 1.807) is 12.1 Å². The molecular formula is C22H33N3O4S. The van der Waals surface area contributed by atoms with Gasteiger partial charge in [0, 0.05) is 36.8 Å². The summed E-state index contributed by atoms with van der Waals surface area (Å²) in [5.41, 5.74) is 0.347. The van der Waals surface area contributed by atoms with Gasteiger partial charge in [0.25, 0.3) is 5.91 Å². The van der Waals surface area contributed by atoms with Gasteiger partial charge < -0.3 is 10.1 Å². The van der Waals surface area contributed by atoms with E-state index in [0.717, 1.165) is 32.4 Å². The second-order valence-corrected chi connectivity index (χ2v) is 10.5. The fourth-order valence-corrected chi connectivity index (χ4v) is 6.14. The third-order valence-corrected chi connectivity index (χ3v) is 8.05. The maximum absolute atomic E-state index is 12.9. The van der Waals surface area contributed by atoms with Gasteiger partial charge in [-0.3, -0.25) is 9.69 Å². The first-order valence-corrected chi connectivity index (χ1v) is 12.7. The minimum Gasteiger partial charge on any atom is -0.495 e.